The van der Waals surface area contributed by atoms with Crippen molar-refractivity contribution in [1.29, 1.82) is 5.26 Å². The molecule has 0 aromatic heterocycles. The first-order valence-corrected chi connectivity index (χ1v) is 7.44. The van der Waals surface area contributed by atoms with E-state index in [1.807, 2.05) is 44.1 Å². The van der Waals surface area contributed by atoms with Crippen LogP contribution in [0.1, 0.15) is 19.8 Å². The van der Waals surface area contributed by atoms with E-state index in [2.05, 4.69) is 22.0 Å². The van der Waals surface area contributed by atoms with Crippen molar-refractivity contribution in [2.75, 3.05) is 41.8 Å². The van der Waals surface area contributed by atoms with Crippen molar-refractivity contribution >= 4 is 12.2 Å². The van der Waals surface area contributed by atoms with Crippen LogP contribution in [0, 0.1) is 11.3 Å². The molecule has 0 saturated carbocycles. The smallest absolute Gasteiger partial charge is 0.352 e. The highest BCUT2D eigenvalue weighted by molar-refractivity contribution is 5.93. The molecule has 0 rings (SSSR count). The molecule has 0 aliphatic heterocycles. The summed E-state index contributed by atoms with van der Waals surface area (Å²) >= 11 is 0. The summed E-state index contributed by atoms with van der Waals surface area (Å²) in [6.07, 6.45) is 5.27. The molecule has 7 heteroatoms. The fourth-order valence-corrected chi connectivity index (χ4v) is 1.76. The molecule has 0 unspecified atom stereocenters. The lowest BCUT2D eigenvalue weighted by molar-refractivity contribution is -0.135. The van der Waals surface area contributed by atoms with E-state index in [4.69, 9.17) is 0 Å². The molecule has 0 aliphatic rings. The summed E-state index contributed by atoms with van der Waals surface area (Å²) in [4.78, 5) is 19.8. The van der Waals surface area contributed by atoms with Crippen LogP contribution in [-0.4, -0.2) is 63.8 Å². The van der Waals surface area contributed by atoms with Gasteiger partial charge in [-0.25, -0.2) is 9.79 Å². The highest BCUT2D eigenvalue weighted by Gasteiger charge is 2.15. The van der Waals surface area contributed by atoms with E-state index in [9.17, 15) is 10.1 Å². The minimum Gasteiger partial charge on any atom is -0.465 e. The zero-order valence-electron chi connectivity index (χ0n) is 14.9. The Balaban J connectivity index is 5.50. The van der Waals surface area contributed by atoms with E-state index in [1.165, 1.54) is 7.11 Å². The lowest BCUT2D eigenvalue weighted by atomic mass is 10.2. The molecule has 23 heavy (non-hydrogen) atoms. The number of ether oxygens (including phenoxy) is 1. The Labute approximate surface area is 138 Å². The topological polar surface area (TPSA) is 81.0 Å². The number of allylic oxidation sites excluding steroid dienone is 1. The largest absolute Gasteiger partial charge is 0.465 e. The Morgan fingerprint density at radius 1 is 1.30 bits per heavy atom. The van der Waals surface area contributed by atoms with E-state index in [1.54, 1.807) is 12.3 Å². The van der Waals surface area contributed by atoms with E-state index in [0.717, 1.165) is 18.7 Å². The van der Waals surface area contributed by atoms with Gasteiger partial charge in [0.2, 0.25) is 0 Å². The van der Waals surface area contributed by atoms with Gasteiger partial charge in [-0.1, -0.05) is 13.3 Å². The zero-order chi connectivity index (χ0) is 17.8. The van der Waals surface area contributed by atoms with E-state index >= 15 is 0 Å². The zero-order valence-corrected chi connectivity index (χ0v) is 14.9. The first kappa shape index (κ1) is 20.5. The predicted molar refractivity (Wildman–Crippen MR) is 91.5 cm³/mol. The van der Waals surface area contributed by atoms with Crippen LogP contribution < -0.4 is 5.32 Å². The summed E-state index contributed by atoms with van der Waals surface area (Å²) in [5.41, 5.74) is -0.135. The molecule has 0 atom stereocenters. The summed E-state index contributed by atoms with van der Waals surface area (Å²) in [6, 6.07) is 1.85. The lowest BCUT2D eigenvalue weighted by Gasteiger charge is -2.23. The summed E-state index contributed by atoms with van der Waals surface area (Å²) < 4.78 is 4.63. The number of rotatable bonds is 9. The van der Waals surface area contributed by atoms with Gasteiger partial charge in [-0.2, -0.15) is 5.26 Å². The molecule has 0 aromatic rings. The summed E-state index contributed by atoms with van der Waals surface area (Å²) in [5, 5.41) is 12.2. The monoisotopic (exact) mass is 321 g/mol. The number of unbranched alkanes of at least 4 members (excludes halogenated alkanes) is 1. The predicted octanol–water partition coefficient (Wildman–Crippen LogP) is 1.32. The molecular weight excluding hydrogens is 294 g/mol. The number of nitrogens with zero attached hydrogens (tertiary/aromatic N) is 4. The number of aliphatic imine (C=N–C) groups is 1. The second kappa shape index (κ2) is 11.1. The third kappa shape index (κ3) is 7.36. The number of esters is 1. The van der Waals surface area contributed by atoms with Gasteiger partial charge in [0, 0.05) is 41.0 Å². The second-order valence-corrected chi connectivity index (χ2v) is 5.20. The molecule has 0 aromatic carbocycles. The molecule has 0 saturated heterocycles. The van der Waals surface area contributed by atoms with Gasteiger partial charge in [-0.3, -0.25) is 0 Å². The van der Waals surface area contributed by atoms with Crippen molar-refractivity contribution < 1.29 is 9.53 Å². The molecule has 0 radical (unpaired) electrons. The third-order valence-electron chi connectivity index (χ3n) is 2.90. The van der Waals surface area contributed by atoms with Gasteiger partial charge in [0.05, 0.1) is 7.11 Å². The molecule has 0 aliphatic carbocycles. The van der Waals surface area contributed by atoms with E-state index < -0.39 is 5.97 Å². The maximum absolute atomic E-state index is 11.7. The molecule has 128 valence electrons. The molecular formula is C16H27N5O2. The first-order chi connectivity index (χ1) is 10.9. The van der Waals surface area contributed by atoms with Gasteiger partial charge in [-0.15, -0.1) is 0 Å². The van der Waals surface area contributed by atoms with Crippen molar-refractivity contribution in [2.24, 2.45) is 4.99 Å². The highest BCUT2D eigenvalue weighted by Crippen LogP contribution is 2.06. The van der Waals surface area contributed by atoms with Gasteiger partial charge >= 0.3 is 5.97 Å². The van der Waals surface area contributed by atoms with E-state index in [-0.39, 0.29) is 11.4 Å². The van der Waals surface area contributed by atoms with Crippen molar-refractivity contribution in [3.8, 4) is 6.07 Å². The summed E-state index contributed by atoms with van der Waals surface area (Å²) in [5.74, 6) is 0.451. The first-order valence-electron chi connectivity index (χ1n) is 7.44. The van der Waals surface area contributed by atoms with Crippen LogP contribution >= 0.6 is 0 Å². The van der Waals surface area contributed by atoms with Crippen molar-refractivity contribution in [3.05, 3.63) is 23.3 Å². The molecule has 1 N–H and O–H groups in total. The Kier molecular flexibility index (Phi) is 9.92. The van der Waals surface area contributed by atoms with Gasteiger partial charge in [0.1, 0.15) is 11.9 Å². The van der Waals surface area contributed by atoms with Gasteiger partial charge in [0.15, 0.2) is 11.4 Å². The average molecular weight is 321 g/mol. The fraction of sp³-hybridized carbons (Fsp3) is 0.562. The summed E-state index contributed by atoms with van der Waals surface area (Å²) in [6.45, 7) is 2.69. The number of hydrogen-bond donors (Lipinski definition) is 1. The van der Waals surface area contributed by atoms with Crippen LogP contribution in [0.25, 0.3) is 0 Å². The standard InChI is InChI=1S/C16H27N5O2/c1-7-8-10-18-15(13(12-17)16(22)23-6)19-11-9-14(20(2)3)21(4)5/h9,11,18H,7-8,10H2,1-6H3/b15-13+,19-11-. The van der Waals surface area contributed by atoms with Crippen LogP contribution in [0.2, 0.25) is 0 Å². The lowest BCUT2D eigenvalue weighted by Crippen LogP contribution is -2.24. The number of nitrogens with one attached hydrogen (secondary N) is 1. The Morgan fingerprint density at radius 2 is 1.91 bits per heavy atom. The molecule has 0 amide bonds. The second-order valence-electron chi connectivity index (χ2n) is 5.20. The van der Waals surface area contributed by atoms with E-state index in [0.29, 0.717) is 6.54 Å². The fourth-order valence-electron chi connectivity index (χ4n) is 1.76. The molecule has 0 bridgehead atoms. The molecule has 0 spiro atoms. The quantitative estimate of drug-likeness (QED) is 0.227. The van der Waals surface area contributed by atoms with Crippen molar-refractivity contribution in [3.63, 3.8) is 0 Å². The maximum Gasteiger partial charge on any atom is 0.352 e. The van der Waals surface area contributed by atoms with Crippen LogP contribution in [0.15, 0.2) is 28.3 Å². The molecule has 0 heterocycles. The number of carbonyl (C=O) groups excluding carboxylic acids is 1. The van der Waals surface area contributed by atoms with Gasteiger partial charge < -0.3 is 19.9 Å². The average Bonchev–Trinajstić information content (AvgIpc) is 2.50. The molecule has 0 fully saturated rings. The third-order valence-corrected chi connectivity index (χ3v) is 2.90. The Bertz CT molecular complexity index is 503. The van der Waals surface area contributed by atoms with Crippen LogP contribution in [-0.2, 0) is 9.53 Å². The minimum absolute atomic E-state index is 0.135. The highest BCUT2D eigenvalue weighted by atomic mass is 16.5. The Morgan fingerprint density at radius 3 is 2.35 bits per heavy atom. The number of hydrogen-bond acceptors (Lipinski definition) is 7. The molecule has 7 nitrogen and oxygen atoms in total. The van der Waals surface area contributed by atoms with Crippen molar-refractivity contribution in [2.45, 2.75) is 19.8 Å². The van der Waals surface area contributed by atoms with Crippen LogP contribution in [0.4, 0.5) is 0 Å². The maximum atomic E-state index is 11.7. The summed E-state index contributed by atoms with van der Waals surface area (Å²) in [7, 11) is 8.93. The Hall–Kier alpha value is -2.49. The SMILES string of the molecule is CCCCNC(/N=C\C=C(N(C)C)N(C)C)=C(/C#N)C(=O)OC. The van der Waals surface area contributed by atoms with Gasteiger partial charge in [0.25, 0.3) is 0 Å². The number of carbonyl (C=O) groups is 1. The minimum atomic E-state index is -0.701. The van der Waals surface area contributed by atoms with Crippen LogP contribution in [0.3, 0.4) is 0 Å². The van der Waals surface area contributed by atoms with Gasteiger partial charge in [-0.05, 0) is 12.5 Å². The van der Waals surface area contributed by atoms with Crippen LogP contribution in [0.5, 0.6) is 0 Å². The normalized spacial score (nSPS) is 11.3. The van der Waals surface area contributed by atoms with Crippen molar-refractivity contribution in [1.82, 2.24) is 15.1 Å². The number of methoxy groups -OCH3 is 1. The number of nitriles is 1.